The predicted octanol–water partition coefficient (Wildman–Crippen LogP) is 5.86. The molecular formula is C25H22N4O2S2. The molecule has 1 atom stereocenters. The van der Waals surface area contributed by atoms with E-state index in [1.807, 2.05) is 37.3 Å². The van der Waals surface area contributed by atoms with Gasteiger partial charge < -0.3 is 5.32 Å². The van der Waals surface area contributed by atoms with Gasteiger partial charge in [-0.15, -0.1) is 11.3 Å². The van der Waals surface area contributed by atoms with Crippen LogP contribution in [-0.2, 0) is 4.79 Å². The Kier molecular flexibility index (Phi) is 5.34. The zero-order valence-electron chi connectivity index (χ0n) is 18.7. The van der Waals surface area contributed by atoms with Gasteiger partial charge in [-0.1, -0.05) is 41.7 Å². The molecule has 0 bridgehead atoms. The summed E-state index contributed by atoms with van der Waals surface area (Å²) in [5, 5.41) is 3.92. The SMILES string of the molecule is Cc1ccc(-c2c(C)sc3ncn(C(C)C(=O)Nc4nc5ccccc5s4)c(=O)c23)cc1C. The Morgan fingerprint density at radius 3 is 2.61 bits per heavy atom. The molecule has 5 aromatic rings. The molecule has 1 amide bonds. The van der Waals surface area contributed by atoms with Gasteiger partial charge in [0.2, 0.25) is 5.91 Å². The second kappa shape index (κ2) is 8.20. The quantitative estimate of drug-likeness (QED) is 0.354. The van der Waals surface area contributed by atoms with Crippen molar-refractivity contribution >= 4 is 54.1 Å². The Bertz CT molecular complexity index is 1560. The number of aryl methyl sites for hydroxylation is 3. The van der Waals surface area contributed by atoms with E-state index in [9.17, 15) is 9.59 Å². The molecule has 33 heavy (non-hydrogen) atoms. The number of hydrogen-bond donors (Lipinski definition) is 1. The summed E-state index contributed by atoms with van der Waals surface area (Å²) >= 11 is 2.90. The summed E-state index contributed by atoms with van der Waals surface area (Å²) in [6, 6.07) is 13.2. The molecule has 1 N–H and O–H groups in total. The number of nitrogens with one attached hydrogen (secondary N) is 1. The number of aromatic nitrogens is 3. The fourth-order valence-electron chi connectivity index (χ4n) is 3.90. The van der Waals surface area contributed by atoms with Crippen LogP contribution in [0.15, 0.2) is 53.6 Å². The van der Waals surface area contributed by atoms with Gasteiger partial charge in [0.15, 0.2) is 5.13 Å². The first kappa shape index (κ1) is 21.5. The second-order valence-corrected chi connectivity index (χ2v) is 10.4. The minimum atomic E-state index is -0.741. The molecular weight excluding hydrogens is 452 g/mol. The molecule has 0 saturated heterocycles. The highest BCUT2D eigenvalue weighted by atomic mass is 32.1. The topological polar surface area (TPSA) is 76.9 Å². The van der Waals surface area contributed by atoms with Gasteiger partial charge in [0, 0.05) is 10.4 Å². The van der Waals surface area contributed by atoms with Crippen LogP contribution in [0.2, 0.25) is 0 Å². The van der Waals surface area contributed by atoms with Crippen molar-refractivity contribution in [2.75, 3.05) is 5.32 Å². The number of benzene rings is 2. The van der Waals surface area contributed by atoms with Gasteiger partial charge in [0.25, 0.3) is 5.56 Å². The number of fused-ring (bicyclic) bond motifs is 2. The number of carbonyl (C=O) groups excluding carboxylic acids is 1. The molecule has 166 valence electrons. The van der Waals surface area contributed by atoms with E-state index in [-0.39, 0.29) is 11.5 Å². The second-order valence-electron chi connectivity index (χ2n) is 8.12. The van der Waals surface area contributed by atoms with Gasteiger partial charge in [0.05, 0.1) is 21.9 Å². The van der Waals surface area contributed by atoms with Crippen molar-refractivity contribution in [3.8, 4) is 11.1 Å². The number of anilines is 1. The number of thiophene rings is 1. The number of amides is 1. The first-order chi connectivity index (χ1) is 15.8. The lowest BCUT2D eigenvalue weighted by atomic mass is 9.99. The maximum absolute atomic E-state index is 13.6. The van der Waals surface area contributed by atoms with Crippen LogP contribution in [0.25, 0.3) is 31.6 Å². The number of rotatable bonds is 4. The molecule has 2 aromatic carbocycles. The van der Waals surface area contributed by atoms with Crippen molar-refractivity contribution in [1.29, 1.82) is 0 Å². The molecule has 0 aliphatic heterocycles. The van der Waals surface area contributed by atoms with Gasteiger partial charge >= 0.3 is 0 Å². The van der Waals surface area contributed by atoms with Crippen LogP contribution in [0.4, 0.5) is 5.13 Å². The Balaban J connectivity index is 1.54. The Labute approximate surface area is 198 Å². The average Bonchev–Trinajstić information content (AvgIpc) is 3.35. The first-order valence-electron chi connectivity index (χ1n) is 10.6. The largest absolute Gasteiger partial charge is 0.300 e. The van der Waals surface area contributed by atoms with E-state index >= 15 is 0 Å². The van der Waals surface area contributed by atoms with E-state index in [0.29, 0.717) is 15.3 Å². The van der Waals surface area contributed by atoms with Crippen molar-refractivity contribution in [2.45, 2.75) is 33.7 Å². The third kappa shape index (κ3) is 3.75. The summed E-state index contributed by atoms with van der Waals surface area (Å²) in [6.07, 6.45) is 1.47. The summed E-state index contributed by atoms with van der Waals surface area (Å²) in [7, 11) is 0. The third-order valence-electron chi connectivity index (χ3n) is 5.93. The zero-order chi connectivity index (χ0) is 23.3. The lowest BCUT2D eigenvalue weighted by Gasteiger charge is -2.14. The van der Waals surface area contributed by atoms with E-state index < -0.39 is 6.04 Å². The fourth-order valence-corrected chi connectivity index (χ4v) is 5.77. The van der Waals surface area contributed by atoms with E-state index in [1.54, 1.807) is 6.92 Å². The number of thiazole rings is 1. The smallest absolute Gasteiger partial charge is 0.263 e. The molecule has 0 fully saturated rings. The highest BCUT2D eigenvalue weighted by Crippen LogP contribution is 2.36. The van der Waals surface area contributed by atoms with Gasteiger partial charge in [-0.05, 0) is 56.5 Å². The molecule has 5 rings (SSSR count). The molecule has 3 heterocycles. The molecule has 3 aromatic heterocycles. The van der Waals surface area contributed by atoms with Crippen molar-refractivity contribution in [3.63, 3.8) is 0 Å². The van der Waals surface area contributed by atoms with Crippen molar-refractivity contribution < 1.29 is 4.79 Å². The van der Waals surface area contributed by atoms with E-state index in [2.05, 4.69) is 41.3 Å². The molecule has 0 saturated carbocycles. The van der Waals surface area contributed by atoms with Crippen LogP contribution < -0.4 is 10.9 Å². The molecule has 1 unspecified atom stereocenters. The van der Waals surface area contributed by atoms with Crippen LogP contribution in [0.1, 0.15) is 29.0 Å². The summed E-state index contributed by atoms with van der Waals surface area (Å²) in [5.41, 5.74) is 4.86. The molecule has 0 radical (unpaired) electrons. The average molecular weight is 475 g/mol. The molecule has 0 spiro atoms. The van der Waals surface area contributed by atoms with Crippen LogP contribution in [0, 0.1) is 20.8 Å². The predicted molar refractivity (Wildman–Crippen MR) is 136 cm³/mol. The summed E-state index contributed by atoms with van der Waals surface area (Å²) in [6.45, 7) is 7.84. The van der Waals surface area contributed by atoms with Crippen molar-refractivity contribution in [1.82, 2.24) is 14.5 Å². The van der Waals surface area contributed by atoms with Crippen LogP contribution in [0.5, 0.6) is 0 Å². The van der Waals surface area contributed by atoms with Gasteiger partial charge in [0.1, 0.15) is 10.9 Å². The van der Waals surface area contributed by atoms with E-state index in [0.717, 1.165) is 26.2 Å². The fraction of sp³-hybridized carbons (Fsp3) is 0.200. The molecule has 0 aliphatic rings. The summed E-state index contributed by atoms with van der Waals surface area (Å²) < 4.78 is 2.40. The standard InChI is InChI=1S/C25H22N4O2S2/c1-13-9-10-17(11-14(13)2)20-16(4)32-23-21(20)24(31)29(12-26-23)15(3)22(30)28-25-27-18-7-5-6-8-19(18)33-25/h5-12,15H,1-4H3,(H,27,28,30). The Hall–Kier alpha value is -3.36. The van der Waals surface area contributed by atoms with Crippen LogP contribution in [0.3, 0.4) is 0 Å². The number of para-hydroxylation sites is 1. The zero-order valence-corrected chi connectivity index (χ0v) is 20.3. The van der Waals surface area contributed by atoms with Gasteiger partial charge in [-0.2, -0.15) is 0 Å². The molecule has 8 heteroatoms. The number of hydrogen-bond acceptors (Lipinski definition) is 6. The maximum Gasteiger partial charge on any atom is 0.263 e. The lowest BCUT2D eigenvalue weighted by molar-refractivity contribution is -0.118. The maximum atomic E-state index is 13.6. The van der Waals surface area contributed by atoms with Gasteiger partial charge in [-0.25, -0.2) is 9.97 Å². The molecule has 0 aliphatic carbocycles. The van der Waals surface area contributed by atoms with Crippen LogP contribution in [-0.4, -0.2) is 20.4 Å². The lowest BCUT2D eigenvalue weighted by Crippen LogP contribution is -2.31. The summed E-state index contributed by atoms with van der Waals surface area (Å²) in [5.74, 6) is -0.308. The number of nitrogens with zero attached hydrogens (tertiary/aromatic N) is 3. The van der Waals surface area contributed by atoms with E-state index in [1.165, 1.54) is 44.7 Å². The van der Waals surface area contributed by atoms with Crippen molar-refractivity contribution in [3.05, 3.63) is 75.1 Å². The summed E-state index contributed by atoms with van der Waals surface area (Å²) in [4.78, 5) is 37.2. The number of carbonyl (C=O) groups is 1. The highest BCUT2D eigenvalue weighted by molar-refractivity contribution is 7.22. The molecule has 6 nitrogen and oxygen atoms in total. The third-order valence-corrected chi connectivity index (χ3v) is 7.89. The van der Waals surface area contributed by atoms with E-state index in [4.69, 9.17) is 0 Å². The van der Waals surface area contributed by atoms with Crippen molar-refractivity contribution in [2.24, 2.45) is 0 Å². The Morgan fingerprint density at radius 2 is 1.85 bits per heavy atom. The minimum Gasteiger partial charge on any atom is -0.300 e. The van der Waals surface area contributed by atoms with Gasteiger partial charge in [-0.3, -0.25) is 14.2 Å². The highest BCUT2D eigenvalue weighted by Gasteiger charge is 2.22. The first-order valence-corrected chi connectivity index (χ1v) is 12.2. The minimum absolute atomic E-state index is 0.218. The monoisotopic (exact) mass is 474 g/mol. The normalized spacial score (nSPS) is 12.4. The van der Waals surface area contributed by atoms with Crippen LogP contribution >= 0.6 is 22.7 Å². The Morgan fingerprint density at radius 1 is 1.06 bits per heavy atom.